The van der Waals surface area contributed by atoms with E-state index in [1.165, 1.54) is 29.7 Å². The van der Waals surface area contributed by atoms with E-state index in [4.69, 9.17) is 9.97 Å². The molecule has 4 heterocycles. The maximum Gasteiger partial charge on any atom is 0.227 e. The predicted octanol–water partition coefficient (Wildman–Crippen LogP) is 3.77. The summed E-state index contributed by atoms with van der Waals surface area (Å²) >= 11 is 0. The molecule has 0 spiro atoms. The average molecular weight is 387 g/mol. The van der Waals surface area contributed by atoms with Crippen molar-refractivity contribution >= 4 is 17.5 Å². The fourth-order valence-electron chi connectivity index (χ4n) is 4.17. The quantitative estimate of drug-likeness (QED) is 0.720. The van der Waals surface area contributed by atoms with Crippen LogP contribution in [-0.4, -0.2) is 39.5 Å². The van der Waals surface area contributed by atoms with Crippen molar-refractivity contribution in [2.75, 3.05) is 29.9 Å². The van der Waals surface area contributed by atoms with Crippen LogP contribution >= 0.6 is 0 Å². The summed E-state index contributed by atoms with van der Waals surface area (Å²) in [7, 11) is 0. The summed E-state index contributed by atoms with van der Waals surface area (Å²) in [6.07, 6.45) is 7.02. The Morgan fingerprint density at radius 3 is 2.59 bits per heavy atom. The fourth-order valence-corrected chi connectivity index (χ4v) is 4.17. The molecule has 1 N–H and O–H groups in total. The molecule has 0 radical (unpaired) electrons. The molecule has 0 aliphatic carbocycles. The molecule has 0 bridgehead atoms. The Kier molecular flexibility index (Phi) is 5.09. The molecular formula is C23H26N6. The number of rotatable bonds is 5. The second kappa shape index (κ2) is 8.17. The van der Waals surface area contributed by atoms with Crippen LogP contribution in [0.4, 0.5) is 17.5 Å². The van der Waals surface area contributed by atoms with Gasteiger partial charge in [0.05, 0.1) is 17.6 Å². The molecular weight excluding hydrogens is 360 g/mol. The zero-order valence-corrected chi connectivity index (χ0v) is 16.6. The van der Waals surface area contributed by atoms with Crippen molar-refractivity contribution in [2.45, 2.75) is 32.4 Å². The molecule has 0 atom stereocenters. The molecule has 1 aromatic carbocycles. The van der Waals surface area contributed by atoms with E-state index in [2.05, 4.69) is 50.4 Å². The lowest BCUT2D eigenvalue weighted by atomic mass is 10.0. The fraction of sp³-hybridized carbons (Fsp3) is 0.348. The second-order valence-electron chi connectivity index (χ2n) is 7.80. The van der Waals surface area contributed by atoms with Gasteiger partial charge in [0.25, 0.3) is 0 Å². The first-order valence-corrected chi connectivity index (χ1v) is 10.4. The van der Waals surface area contributed by atoms with Crippen molar-refractivity contribution in [3.63, 3.8) is 0 Å². The highest BCUT2D eigenvalue weighted by molar-refractivity contribution is 5.61. The minimum Gasteiger partial charge on any atom is -0.341 e. The van der Waals surface area contributed by atoms with Gasteiger partial charge in [-0.25, -0.2) is 4.98 Å². The Morgan fingerprint density at radius 1 is 0.931 bits per heavy atom. The van der Waals surface area contributed by atoms with Gasteiger partial charge in [-0.05, 0) is 30.5 Å². The maximum atomic E-state index is 4.97. The first-order valence-electron chi connectivity index (χ1n) is 10.4. The third kappa shape index (κ3) is 4.07. The van der Waals surface area contributed by atoms with Crippen LogP contribution in [0.15, 0.2) is 54.9 Å². The normalized spacial score (nSPS) is 16.6. The van der Waals surface area contributed by atoms with Crippen molar-refractivity contribution in [1.82, 2.24) is 19.9 Å². The van der Waals surface area contributed by atoms with Gasteiger partial charge in [-0.1, -0.05) is 30.3 Å². The molecule has 2 aromatic heterocycles. The Hall–Kier alpha value is -2.99. The zero-order chi connectivity index (χ0) is 19.5. The minimum atomic E-state index is 0.854. The molecule has 29 heavy (non-hydrogen) atoms. The van der Waals surface area contributed by atoms with Gasteiger partial charge in [0.1, 0.15) is 5.82 Å². The van der Waals surface area contributed by atoms with Crippen LogP contribution in [0.2, 0.25) is 0 Å². The number of fused-ring (bicyclic) bond motifs is 1. The van der Waals surface area contributed by atoms with E-state index in [0.717, 1.165) is 56.6 Å². The van der Waals surface area contributed by atoms with Gasteiger partial charge in [0.15, 0.2) is 0 Å². The van der Waals surface area contributed by atoms with Crippen LogP contribution < -0.4 is 10.2 Å². The summed E-state index contributed by atoms with van der Waals surface area (Å²) in [5, 5.41) is 3.51. The third-order valence-electron chi connectivity index (χ3n) is 5.69. The Balaban J connectivity index is 1.45. The largest absolute Gasteiger partial charge is 0.341 e. The summed E-state index contributed by atoms with van der Waals surface area (Å²) in [5.74, 6) is 1.78. The first kappa shape index (κ1) is 18.1. The standard InChI is InChI=1S/C23H26N6/c1-2-7-18(8-3-1)16-28-14-10-21-20(17-28)22(25-19-9-6-11-24-15-19)27-23(26-21)29-12-4-5-13-29/h1-3,6-9,11,15H,4-5,10,12-14,16-17H2,(H,25,26,27). The molecule has 5 rings (SSSR count). The highest BCUT2D eigenvalue weighted by atomic mass is 15.3. The van der Waals surface area contributed by atoms with E-state index in [1.54, 1.807) is 6.20 Å². The maximum absolute atomic E-state index is 4.97. The lowest BCUT2D eigenvalue weighted by Gasteiger charge is -2.30. The molecule has 0 amide bonds. The number of pyridine rings is 1. The number of nitrogens with one attached hydrogen (secondary N) is 1. The first-order chi connectivity index (χ1) is 14.3. The summed E-state index contributed by atoms with van der Waals surface area (Å²) in [5.41, 5.74) is 4.69. The van der Waals surface area contributed by atoms with Crippen molar-refractivity contribution in [3.05, 3.63) is 71.7 Å². The van der Waals surface area contributed by atoms with Crippen LogP contribution in [-0.2, 0) is 19.5 Å². The average Bonchev–Trinajstić information content (AvgIpc) is 3.30. The molecule has 148 valence electrons. The van der Waals surface area contributed by atoms with E-state index >= 15 is 0 Å². The van der Waals surface area contributed by atoms with Crippen molar-refractivity contribution in [3.8, 4) is 0 Å². The number of aromatic nitrogens is 3. The highest BCUT2D eigenvalue weighted by Gasteiger charge is 2.25. The van der Waals surface area contributed by atoms with Crippen molar-refractivity contribution in [2.24, 2.45) is 0 Å². The molecule has 0 unspecified atom stereocenters. The van der Waals surface area contributed by atoms with Gasteiger partial charge in [-0.3, -0.25) is 9.88 Å². The molecule has 0 saturated carbocycles. The topological polar surface area (TPSA) is 57.2 Å². The number of nitrogens with zero attached hydrogens (tertiary/aromatic N) is 5. The van der Waals surface area contributed by atoms with Gasteiger partial charge in [0.2, 0.25) is 5.95 Å². The predicted molar refractivity (Wildman–Crippen MR) is 115 cm³/mol. The number of anilines is 3. The SMILES string of the molecule is c1ccc(CN2CCc3nc(N4CCCC4)nc(Nc4cccnc4)c3C2)cc1. The molecule has 2 aliphatic heterocycles. The van der Waals surface area contributed by atoms with Gasteiger partial charge < -0.3 is 10.2 Å². The van der Waals surface area contributed by atoms with Crippen LogP contribution in [0, 0.1) is 0 Å². The molecule has 1 fully saturated rings. The highest BCUT2D eigenvalue weighted by Crippen LogP contribution is 2.30. The van der Waals surface area contributed by atoms with E-state index in [0.29, 0.717) is 0 Å². The monoisotopic (exact) mass is 386 g/mol. The molecule has 2 aliphatic rings. The van der Waals surface area contributed by atoms with E-state index in [1.807, 2.05) is 18.3 Å². The smallest absolute Gasteiger partial charge is 0.227 e. The summed E-state index contributed by atoms with van der Waals surface area (Å²) in [4.78, 5) is 19.0. The van der Waals surface area contributed by atoms with Crippen LogP contribution in [0.5, 0.6) is 0 Å². The van der Waals surface area contributed by atoms with Crippen molar-refractivity contribution in [1.29, 1.82) is 0 Å². The van der Waals surface area contributed by atoms with Gasteiger partial charge in [-0.15, -0.1) is 0 Å². The lowest BCUT2D eigenvalue weighted by molar-refractivity contribution is 0.243. The van der Waals surface area contributed by atoms with E-state index < -0.39 is 0 Å². The number of hydrogen-bond donors (Lipinski definition) is 1. The molecule has 6 heteroatoms. The van der Waals surface area contributed by atoms with Crippen LogP contribution in [0.25, 0.3) is 0 Å². The minimum absolute atomic E-state index is 0.854. The summed E-state index contributed by atoms with van der Waals surface area (Å²) in [6.45, 7) is 4.91. The van der Waals surface area contributed by atoms with E-state index in [-0.39, 0.29) is 0 Å². The molecule has 6 nitrogen and oxygen atoms in total. The Labute approximate surface area is 171 Å². The Bertz CT molecular complexity index is 954. The molecule has 1 saturated heterocycles. The molecule has 3 aromatic rings. The van der Waals surface area contributed by atoms with Gasteiger partial charge >= 0.3 is 0 Å². The lowest BCUT2D eigenvalue weighted by Crippen LogP contribution is -2.32. The van der Waals surface area contributed by atoms with Gasteiger partial charge in [0, 0.05) is 50.9 Å². The third-order valence-corrected chi connectivity index (χ3v) is 5.69. The van der Waals surface area contributed by atoms with Crippen LogP contribution in [0.1, 0.15) is 29.7 Å². The summed E-state index contributed by atoms with van der Waals surface area (Å²) in [6, 6.07) is 14.6. The number of benzene rings is 1. The Morgan fingerprint density at radius 2 is 1.79 bits per heavy atom. The second-order valence-corrected chi connectivity index (χ2v) is 7.80. The van der Waals surface area contributed by atoms with E-state index in [9.17, 15) is 0 Å². The zero-order valence-electron chi connectivity index (χ0n) is 16.6. The van der Waals surface area contributed by atoms with Gasteiger partial charge in [-0.2, -0.15) is 4.98 Å². The van der Waals surface area contributed by atoms with Crippen molar-refractivity contribution < 1.29 is 0 Å². The van der Waals surface area contributed by atoms with Crippen LogP contribution in [0.3, 0.4) is 0 Å². The summed E-state index contributed by atoms with van der Waals surface area (Å²) < 4.78 is 0. The number of hydrogen-bond acceptors (Lipinski definition) is 6.